The number of carbonyl (C=O) groups is 2. The SMILES string of the molecule is CC1=C(C(=O)Nc2ccc(C)c(C)c2)C(c2cccc(Oc3ccccc3)c2)NC(=O)N1. The van der Waals surface area contributed by atoms with Crippen LogP contribution in [0.1, 0.15) is 29.7 Å². The molecular formula is C26H25N3O3. The molecule has 6 heteroatoms. The molecule has 162 valence electrons. The van der Waals surface area contributed by atoms with Crippen LogP contribution in [0.4, 0.5) is 10.5 Å². The average molecular weight is 428 g/mol. The molecule has 4 rings (SSSR count). The van der Waals surface area contributed by atoms with Gasteiger partial charge < -0.3 is 20.7 Å². The van der Waals surface area contributed by atoms with Crippen molar-refractivity contribution >= 4 is 17.6 Å². The third kappa shape index (κ3) is 4.64. The molecule has 1 heterocycles. The molecule has 0 bridgehead atoms. The molecule has 0 saturated carbocycles. The van der Waals surface area contributed by atoms with Crippen molar-refractivity contribution in [1.29, 1.82) is 0 Å². The van der Waals surface area contributed by atoms with Crippen LogP contribution in [0, 0.1) is 13.8 Å². The Kier molecular flexibility index (Phi) is 5.94. The standard InChI is InChI=1S/C26H25N3O3/c1-16-12-13-20(14-17(16)2)28-25(30)23-18(3)27-26(31)29-24(23)19-8-7-11-22(15-19)32-21-9-5-4-6-10-21/h4-15,24H,1-3H3,(H,28,30)(H2,27,29,31). The predicted molar refractivity (Wildman–Crippen MR) is 125 cm³/mol. The fourth-order valence-corrected chi connectivity index (χ4v) is 3.64. The number of aryl methyl sites for hydroxylation is 2. The smallest absolute Gasteiger partial charge is 0.319 e. The average Bonchev–Trinajstić information content (AvgIpc) is 2.76. The van der Waals surface area contributed by atoms with Crippen molar-refractivity contribution < 1.29 is 14.3 Å². The highest BCUT2D eigenvalue weighted by Gasteiger charge is 2.31. The molecular weight excluding hydrogens is 402 g/mol. The van der Waals surface area contributed by atoms with Gasteiger partial charge in [0.25, 0.3) is 5.91 Å². The Labute approximate surface area is 187 Å². The predicted octanol–water partition coefficient (Wildman–Crippen LogP) is 5.36. The van der Waals surface area contributed by atoms with Gasteiger partial charge in [-0.25, -0.2) is 4.79 Å². The zero-order valence-electron chi connectivity index (χ0n) is 18.2. The summed E-state index contributed by atoms with van der Waals surface area (Å²) in [5, 5.41) is 8.54. The molecule has 3 N–H and O–H groups in total. The maximum Gasteiger partial charge on any atom is 0.319 e. The van der Waals surface area contributed by atoms with Crippen LogP contribution in [-0.2, 0) is 4.79 Å². The fraction of sp³-hybridized carbons (Fsp3) is 0.154. The van der Waals surface area contributed by atoms with E-state index in [9.17, 15) is 9.59 Å². The largest absolute Gasteiger partial charge is 0.457 e. The van der Waals surface area contributed by atoms with E-state index in [0.717, 1.165) is 16.7 Å². The Hall–Kier alpha value is -4.06. The Morgan fingerprint density at radius 1 is 0.875 bits per heavy atom. The Balaban J connectivity index is 1.63. The number of carbonyl (C=O) groups excluding carboxylic acids is 2. The lowest BCUT2D eigenvalue weighted by molar-refractivity contribution is -0.113. The van der Waals surface area contributed by atoms with Gasteiger partial charge in [0.1, 0.15) is 11.5 Å². The summed E-state index contributed by atoms with van der Waals surface area (Å²) in [6.45, 7) is 5.75. The van der Waals surface area contributed by atoms with Crippen molar-refractivity contribution in [3.05, 3.63) is 101 Å². The van der Waals surface area contributed by atoms with Crippen LogP contribution in [0.25, 0.3) is 0 Å². The summed E-state index contributed by atoms with van der Waals surface area (Å²) in [5.41, 5.74) is 4.64. The molecule has 0 aliphatic carbocycles. The monoisotopic (exact) mass is 427 g/mol. The minimum Gasteiger partial charge on any atom is -0.457 e. The van der Waals surface area contributed by atoms with E-state index in [1.54, 1.807) is 6.92 Å². The molecule has 1 aliphatic rings. The Bertz CT molecular complexity index is 1200. The van der Waals surface area contributed by atoms with E-state index < -0.39 is 6.04 Å². The Morgan fingerprint density at radius 3 is 2.38 bits per heavy atom. The number of benzene rings is 3. The molecule has 0 fully saturated rings. The fourth-order valence-electron chi connectivity index (χ4n) is 3.64. The normalized spacial score (nSPS) is 15.6. The van der Waals surface area contributed by atoms with Crippen molar-refractivity contribution in [3.8, 4) is 11.5 Å². The van der Waals surface area contributed by atoms with E-state index in [-0.39, 0.29) is 11.9 Å². The molecule has 1 unspecified atom stereocenters. The highest BCUT2D eigenvalue weighted by molar-refractivity contribution is 6.06. The van der Waals surface area contributed by atoms with Crippen LogP contribution in [0.3, 0.4) is 0 Å². The van der Waals surface area contributed by atoms with E-state index in [0.29, 0.717) is 28.5 Å². The highest BCUT2D eigenvalue weighted by atomic mass is 16.5. The van der Waals surface area contributed by atoms with Gasteiger partial charge in [0.15, 0.2) is 0 Å². The molecule has 3 amide bonds. The zero-order chi connectivity index (χ0) is 22.7. The number of hydrogen-bond donors (Lipinski definition) is 3. The molecule has 6 nitrogen and oxygen atoms in total. The maximum atomic E-state index is 13.2. The minimum atomic E-state index is -0.616. The summed E-state index contributed by atoms with van der Waals surface area (Å²) in [7, 11) is 0. The maximum absolute atomic E-state index is 13.2. The first-order chi connectivity index (χ1) is 15.4. The van der Waals surface area contributed by atoms with Crippen molar-refractivity contribution in [1.82, 2.24) is 10.6 Å². The van der Waals surface area contributed by atoms with E-state index >= 15 is 0 Å². The quantitative estimate of drug-likeness (QED) is 0.513. The summed E-state index contributed by atoms with van der Waals surface area (Å²) < 4.78 is 5.93. The van der Waals surface area contributed by atoms with Crippen molar-refractivity contribution in [2.45, 2.75) is 26.8 Å². The number of allylic oxidation sites excluding steroid dienone is 1. The van der Waals surface area contributed by atoms with Crippen LogP contribution in [0.5, 0.6) is 11.5 Å². The lowest BCUT2D eigenvalue weighted by Gasteiger charge is -2.29. The topological polar surface area (TPSA) is 79.5 Å². The molecule has 1 atom stereocenters. The van der Waals surface area contributed by atoms with Crippen LogP contribution >= 0.6 is 0 Å². The number of amides is 3. The second-order valence-electron chi connectivity index (χ2n) is 7.81. The van der Waals surface area contributed by atoms with Crippen molar-refractivity contribution in [3.63, 3.8) is 0 Å². The van der Waals surface area contributed by atoms with Crippen LogP contribution in [0.15, 0.2) is 84.1 Å². The van der Waals surface area contributed by atoms with E-state index in [4.69, 9.17) is 4.74 Å². The number of nitrogens with one attached hydrogen (secondary N) is 3. The van der Waals surface area contributed by atoms with Gasteiger partial charge in [0, 0.05) is 11.4 Å². The van der Waals surface area contributed by atoms with Gasteiger partial charge in [-0.3, -0.25) is 4.79 Å². The second-order valence-corrected chi connectivity index (χ2v) is 7.81. The molecule has 3 aromatic rings. The van der Waals surface area contributed by atoms with E-state index in [1.165, 1.54) is 0 Å². The van der Waals surface area contributed by atoms with Gasteiger partial charge >= 0.3 is 6.03 Å². The molecule has 0 spiro atoms. The summed E-state index contributed by atoms with van der Waals surface area (Å²) >= 11 is 0. The molecule has 0 radical (unpaired) electrons. The second kappa shape index (κ2) is 8.98. The minimum absolute atomic E-state index is 0.280. The van der Waals surface area contributed by atoms with Crippen LogP contribution in [0.2, 0.25) is 0 Å². The summed E-state index contributed by atoms with van der Waals surface area (Å²) in [6, 6.07) is 21.6. The first kappa shape index (κ1) is 21.2. The van der Waals surface area contributed by atoms with Gasteiger partial charge in [-0.2, -0.15) is 0 Å². The van der Waals surface area contributed by atoms with E-state index in [2.05, 4.69) is 16.0 Å². The first-order valence-corrected chi connectivity index (χ1v) is 10.4. The lowest BCUT2D eigenvalue weighted by atomic mass is 9.94. The number of para-hydroxylation sites is 1. The molecule has 0 aromatic heterocycles. The van der Waals surface area contributed by atoms with Gasteiger partial charge in [-0.15, -0.1) is 0 Å². The number of ether oxygens (including phenoxy) is 1. The number of anilines is 1. The molecule has 3 aromatic carbocycles. The van der Waals surface area contributed by atoms with Gasteiger partial charge in [-0.05, 0) is 73.9 Å². The van der Waals surface area contributed by atoms with Crippen LogP contribution in [-0.4, -0.2) is 11.9 Å². The first-order valence-electron chi connectivity index (χ1n) is 10.4. The number of rotatable bonds is 5. The number of urea groups is 1. The summed E-state index contributed by atoms with van der Waals surface area (Å²) in [4.78, 5) is 25.5. The van der Waals surface area contributed by atoms with Gasteiger partial charge in [0.2, 0.25) is 0 Å². The third-order valence-electron chi connectivity index (χ3n) is 5.45. The molecule has 0 saturated heterocycles. The van der Waals surface area contributed by atoms with Crippen molar-refractivity contribution in [2.24, 2.45) is 0 Å². The highest BCUT2D eigenvalue weighted by Crippen LogP contribution is 2.31. The van der Waals surface area contributed by atoms with Gasteiger partial charge in [0.05, 0.1) is 11.6 Å². The van der Waals surface area contributed by atoms with Crippen molar-refractivity contribution in [2.75, 3.05) is 5.32 Å². The van der Waals surface area contributed by atoms with Gasteiger partial charge in [-0.1, -0.05) is 36.4 Å². The summed E-state index contributed by atoms with van der Waals surface area (Å²) in [6.07, 6.45) is 0. The van der Waals surface area contributed by atoms with Crippen LogP contribution < -0.4 is 20.7 Å². The summed E-state index contributed by atoms with van der Waals surface area (Å²) in [5.74, 6) is 1.05. The molecule has 32 heavy (non-hydrogen) atoms. The molecule has 1 aliphatic heterocycles. The van der Waals surface area contributed by atoms with E-state index in [1.807, 2.05) is 86.6 Å². The lowest BCUT2D eigenvalue weighted by Crippen LogP contribution is -2.45. The third-order valence-corrected chi connectivity index (χ3v) is 5.45. The Morgan fingerprint density at radius 2 is 1.62 bits per heavy atom. The number of hydrogen-bond acceptors (Lipinski definition) is 3. The zero-order valence-corrected chi connectivity index (χ0v) is 18.2.